The predicted octanol–water partition coefficient (Wildman–Crippen LogP) is 3.09. The number of hydrogen-bond donors (Lipinski definition) is 1. The lowest BCUT2D eigenvalue weighted by Gasteiger charge is -2.23. The van der Waals surface area contributed by atoms with Gasteiger partial charge in [-0.05, 0) is 36.2 Å². The second-order valence-corrected chi connectivity index (χ2v) is 5.88. The van der Waals surface area contributed by atoms with Gasteiger partial charge in [-0.15, -0.1) is 0 Å². The van der Waals surface area contributed by atoms with Gasteiger partial charge in [0.15, 0.2) is 5.96 Å². The molecule has 0 aliphatic carbocycles. The quantitative estimate of drug-likeness (QED) is 0.610. The van der Waals surface area contributed by atoms with Crippen LogP contribution in [0, 0.1) is 5.82 Å². The van der Waals surface area contributed by atoms with Crippen LogP contribution in [-0.4, -0.2) is 45.7 Å². The van der Waals surface area contributed by atoms with Crippen LogP contribution >= 0.6 is 0 Å². The topological polar surface area (TPSA) is 46.1 Å². The smallest absolute Gasteiger partial charge is 0.193 e. The Kier molecular flexibility index (Phi) is 7.26. The first-order valence-electron chi connectivity index (χ1n) is 8.44. The number of nitrogens with one attached hydrogen (secondary N) is 1. The summed E-state index contributed by atoms with van der Waals surface area (Å²) in [5, 5.41) is 3.33. The maximum atomic E-state index is 13.0. The lowest BCUT2D eigenvalue weighted by atomic mass is 10.1. The van der Waals surface area contributed by atoms with Crippen molar-refractivity contribution in [3.8, 4) is 11.5 Å². The van der Waals surface area contributed by atoms with Crippen LogP contribution < -0.4 is 14.8 Å². The molecule has 0 aromatic heterocycles. The Morgan fingerprint density at radius 3 is 2.46 bits per heavy atom. The van der Waals surface area contributed by atoms with E-state index in [4.69, 9.17) is 9.47 Å². The van der Waals surface area contributed by atoms with Gasteiger partial charge in [0.1, 0.15) is 17.3 Å². The van der Waals surface area contributed by atoms with Crippen LogP contribution in [0.5, 0.6) is 11.5 Å². The third-order valence-corrected chi connectivity index (χ3v) is 4.09. The van der Waals surface area contributed by atoms with Crippen molar-refractivity contribution in [1.82, 2.24) is 10.2 Å². The monoisotopic (exact) mass is 359 g/mol. The molecule has 0 aliphatic rings. The number of aliphatic imine (C=N–C) groups is 1. The number of methoxy groups -OCH3 is 2. The van der Waals surface area contributed by atoms with Crippen LogP contribution in [0.2, 0.25) is 0 Å². The first-order chi connectivity index (χ1) is 12.6. The molecule has 0 atom stereocenters. The maximum absolute atomic E-state index is 13.0. The summed E-state index contributed by atoms with van der Waals surface area (Å²) >= 11 is 0. The Morgan fingerprint density at radius 2 is 1.85 bits per heavy atom. The van der Waals surface area contributed by atoms with E-state index >= 15 is 0 Å². The molecular weight excluding hydrogens is 333 g/mol. The van der Waals surface area contributed by atoms with Gasteiger partial charge in [-0.2, -0.15) is 0 Å². The van der Waals surface area contributed by atoms with Crippen LogP contribution in [0.15, 0.2) is 47.5 Å². The van der Waals surface area contributed by atoms with Gasteiger partial charge in [0.05, 0.1) is 14.2 Å². The Hall–Kier alpha value is -2.76. The van der Waals surface area contributed by atoms with E-state index < -0.39 is 0 Å². The van der Waals surface area contributed by atoms with Gasteiger partial charge in [-0.3, -0.25) is 4.99 Å². The van der Waals surface area contributed by atoms with E-state index in [2.05, 4.69) is 10.3 Å². The zero-order valence-corrected chi connectivity index (χ0v) is 15.8. The molecule has 0 heterocycles. The fraction of sp³-hybridized carbons (Fsp3) is 0.350. The lowest BCUT2D eigenvalue weighted by Crippen LogP contribution is -2.39. The van der Waals surface area contributed by atoms with Crippen LogP contribution in [0.3, 0.4) is 0 Å². The molecule has 5 nitrogen and oxygen atoms in total. The van der Waals surface area contributed by atoms with Crippen molar-refractivity contribution in [3.05, 3.63) is 59.4 Å². The molecular formula is C20H26FN3O2. The lowest BCUT2D eigenvalue weighted by molar-refractivity contribution is 0.382. The Labute approximate surface area is 154 Å². The molecule has 2 rings (SSSR count). The van der Waals surface area contributed by atoms with Crippen molar-refractivity contribution in [2.24, 2.45) is 4.99 Å². The molecule has 2 aromatic rings. The van der Waals surface area contributed by atoms with Crippen molar-refractivity contribution < 1.29 is 13.9 Å². The van der Waals surface area contributed by atoms with Crippen LogP contribution in [0.25, 0.3) is 0 Å². The minimum atomic E-state index is -0.217. The van der Waals surface area contributed by atoms with Gasteiger partial charge in [0.2, 0.25) is 0 Å². The van der Waals surface area contributed by atoms with E-state index in [0.29, 0.717) is 13.1 Å². The van der Waals surface area contributed by atoms with Crippen molar-refractivity contribution >= 4 is 5.96 Å². The molecule has 0 unspecified atom stereocenters. The normalized spacial score (nSPS) is 11.2. The highest BCUT2D eigenvalue weighted by Crippen LogP contribution is 2.25. The van der Waals surface area contributed by atoms with Crippen molar-refractivity contribution in [1.29, 1.82) is 0 Å². The number of benzene rings is 2. The van der Waals surface area contributed by atoms with Crippen molar-refractivity contribution in [2.45, 2.75) is 13.0 Å². The summed E-state index contributed by atoms with van der Waals surface area (Å²) in [7, 11) is 7.00. The first kappa shape index (κ1) is 19.6. The van der Waals surface area contributed by atoms with Gasteiger partial charge < -0.3 is 19.7 Å². The van der Waals surface area contributed by atoms with Crippen molar-refractivity contribution in [2.75, 3.05) is 34.9 Å². The number of halogens is 1. The average molecular weight is 359 g/mol. The number of rotatable bonds is 7. The van der Waals surface area contributed by atoms with Crippen LogP contribution in [-0.2, 0) is 13.0 Å². The zero-order chi connectivity index (χ0) is 18.9. The molecule has 0 amide bonds. The van der Waals surface area contributed by atoms with E-state index in [1.54, 1.807) is 33.4 Å². The molecule has 26 heavy (non-hydrogen) atoms. The van der Waals surface area contributed by atoms with Crippen molar-refractivity contribution in [3.63, 3.8) is 0 Å². The molecule has 1 N–H and O–H groups in total. The highest BCUT2D eigenvalue weighted by Gasteiger charge is 2.11. The van der Waals surface area contributed by atoms with Gasteiger partial charge in [0, 0.05) is 38.8 Å². The zero-order valence-electron chi connectivity index (χ0n) is 15.8. The molecule has 0 spiro atoms. The highest BCUT2D eigenvalue weighted by atomic mass is 19.1. The first-order valence-corrected chi connectivity index (χ1v) is 8.44. The SMILES string of the molecule is CN=C(NCCc1ccc(F)cc1)N(C)Cc1ccc(OC)cc1OC. The van der Waals surface area contributed by atoms with E-state index in [0.717, 1.165) is 35.0 Å². The summed E-state index contributed by atoms with van der Waals surface area (Å²) in [4.78, 5) is 6.35. The summed E-state index contributed by atoms with van der Waals surface area (Å²) in [5.74, 6) is 2.10. The average Bonchev–Trinajstić information content (AvgIpc) is 2.66. The minimum Gasteiger partial charge on any atom is -0.497 e. The van der Waals surface area contributed by atoms with Gasteiger partial charge in [0.25, 0.3) is 0 Å². The molecule has 140 valence electrons. The molecule has 6 heteroatoms. The number of hydrogen-bond acceptors (Lipinski definition) is 3. The molecule has 0 fully saturated rings. The maximum Gasteiger partial charge on any atom is 0.193 e. The Morgan fingerprint density at radius 1 is 1.12 bits per heavy atom. The largest absolute Gasteiger partial charge is 0.497 e. The number of guanidine groups is 1. The van der Waals surface area contributed by atoms with Crippen LogP contribution in [0.1, 0.15) is 11.1 Å². The van der Waals surface area contributed by atoms with E-state index in [1.807, 2.05) is 30.1 Å². The second kappa shape index (κ2) is 9.65. The fourth-order valence-electron chi connectivity index (χ4n) is 2.67. The molecule has 0 aliphatic heterocycles. The molecule has 0 radical (unpaired) electrons. The van der Waals surface area contributed by atoms with Gasteiger partial charge >= 0.3 is 0 Å². The summed E-state index contributed by atoms with van der Waals surface area (Å²) < 4.78 is 23.6. The van der Waals surface area contributed by atoms with E-state index in [-0.39, 0.29) is 5.82 Å². The summed E-state index contributed by atoms with van der Waals surface area (Å²) in [5.41, 5.74) is 2.12. The summed E-state index contributed by atoms with van der Waals surface area (Å²) in [6.07, 6.45) is 0.791. The number of nitrogens with zero attached hydrogens (tertiary/aromatic N) is 2. The molecule has 2 aromatic carbocycles. The summed E-state index contributed by atoms with van der Waals surface area (Å²) in [6.45, 7) is 1.35. The number of ether oxygens (including phenoxy) is 2. The predicted molar refractivity (Wildman–Crippen MR) is 102 cm³/mol. The molecule has 0 bridgehead atoms. The van der Waals surface area contributed by atoms with Gasteiger partial charge in [-0.1, -0.05) is 12.1 Å². The van der Waals surface area contributed by atoms with Crippen LogP contribution in [0.4, 0.5) is 4.39 Å². The second-order valence-electron chi connectivity index (χ2n) is 5.88. The fourth-order valence-corrected chi connectivity index (χ4v) is 2.67. The Balaban J connectivity index is 1.94. The standard InChI is InChI=1S/C20H26FN3O2/c1-22-20(23-12-11-15-5-8-17(21)9-6-15)24(2)14-16-7-10-18(25-3)13-19(16)26-4/h5-10,13H,11-12,14H2,1-4H3,(H,22,23). The molecule has 0 saturated carbocycles. The highest BCUT2D eigenvalue weighted by molar-refractivity contribution is 5.79. The van der Waals surface area contributed by atoms with Gasteiger partial charge in [-0.25, -0.2) is 4.39 Å². The third kappa shape index (κ3) is 5.37. The summed E-state index contributed by atoms with van der Waals surface area (Å²) in [6, 6.07) is 12.3. The van der Waals surface area contributed by atoms with E-state index in [9.17, 15) is 4.39 Å². The minimum absolute atomic E-state index is 0.217. The van der Waals surface area contributed by atoms with E-state index in [1.165, 1.54) is 12.1 Å². The molecule has 0 saturated heterocycles. The third-order valence-electron chi connectivity index (χ3n) is 4.09. The Bertz CT molecular complexity index is 732.